The van der Waals surface area contributed by atoms with Gasteiger partial charge in [-0.05, 0) is 18.9 Å². The van der Waals surface area contributed by atoms with Crippen LogP contribution in [0.3, 0.4) is 0 Å². The first kappa shape index (κ1) is 16.7. The lowest BCUT2D eigenvalue weighted by molar-refractivity contribution is -0.142. The van der Waals surface area contributed by atoms with Crippen LogP contribution in [0.4, 0.5) is 0 Å². The number of carbonyl (C=O) groups is 1. The van der Waals surface area contributed by atoms with Crippen molar-refractivity contribution in [2.45, 2.75) is 32.7 Å². The first-order valence-electron chi connectivity index (χ1n) is 8.47. The number of benzene rings is 1. The summed E-state index contributed by atoms with van der Waals surface area (Å²) < 4.78 is 12.8. The lowest BCUT2D eigenvalue weighted by atomic mass is 9.82. The average molecular weight is 328 g/mol. The van der Waals surface area contributed by atoms with Gasteiger partial charge < -0.3 is 14.0 Å². The topological polar surface area (TPSA) is 53.3 Å². The molecule has 0 N–H and O–H groups in total. The van der Waals surface area contributed by atoms with Gasteiger partial charge in [-0.25, -0.2) is 9.78 Å². The first-order valence-corrected chi connectivity index (χ1v) is 8.47. The van der Waals surface area contributed by atoms with Gasteiger partial charge in [-0.3, -0.25) is 0 Å². The molecule has 2 heterocycles. The first-order chi connectivity index (χ1) is 11.7. The second-order valence-corrected chi connectivity index (χ2v) is 6.59. The van der Waals surface area contributed by atoms with E-state index in [1.54, 1.807) is 12.5 Å². The monoisotopic (exact) mass is 328 g/mol. The summed E-state index contributed by atoms with van der Waals surface area (Å²) in [5.74, 6) is -0.322. The molecule has 0 unspecified atom stereocenters. The van der Waals surface area contributed by atoms with E-state index in [4.69, 9.17) is 9.47 Å². The highest BCUT2D eigenvalue weighted by molar-refractivity contribution is 5.87. The Balaban J connectivity index is 1.69. The summed E-state index contributed by atoms with van der Waals surface area (Å²) in [6.07, 6.45) is 5.33. The van der Waals surface area contributed by atoms with Crippen LogP contribution >= 0.6 is 0 Å². The van der Waals surface area contributed by atoms with Crippen molar-refractivity contribution in [2.75, 3.05) is 19.8 Å². The van der Waals surface area contributed by atoms with Crippen molar-refractivity contribution in [1.29, 1.82) is 0 Å². The fourth-order valence-electron chi connectivity index (χ4n) is 3.18. The summed E-state index contributed by atoms with van der Waals surface area (Å²) in [5, 5.41) is 0. The van der Waals surface area contributed by atoms with E-state index in [1.807, 2.05) is 41.8 Å². The Kier molecular flexibility index (Phi) is 5.00. The van der Waals surface area contributed by atoms with E-state index in [1.165, 1.54) is 0 Å². The SMILES string of the molecule is CCCC1(COC(=O)c2cncn2[C@H](C)c2ccccc2)COC1. The summed E-state index contributed by atoms with van der Waals surface area (Å²) in [5.41, 5.74) is 1.61. The van der Waals surface area contributed by atoms with Gasteiger partial charge in [-0.1, -0.05) is 43.7 Å². The van der Waals surface area contributed by atoms with Crippen molar-refractivity contribution in [3.63, 3.8) is 0 Å². The molecule has 2 aromatic rings. The molecular weight excluding hydrogens is 304 g/mol. The minimum absolute atomic E-state index is 0.000305. The number of hydrogen-bond donors (Lipinski definition) is 0. The van der Waals surface area contributed by atoms with Gasteiger partial charge in [0.25, 0.3) is 0 Å². The molecule has 5 heteroatoms. The van der Waals surface area contributed by atoms with Crippen LogP contribution in [0.15, 0.2) is 42.9 Å². The molecule has 3 rings (SSSR count). The highest BCUT2D eigenvalue weighted by atomic mass is 16.5. The van der Waals surface area contributed by atoms with Gasteiger partial charge in [0.1, 0.15) is 12.3 Å². The van der Waals surface area contributed by atoms with Gasteiger partial charge in [0.2, 0.25) is 0 Å². The maximum absolute atomic E-state index is 12.5. The lowest BCUT2D eigenvalue weighted by Crippen LogP contribution is -2.46. The van der Waals surface area contributed by atoms with Crippen LogP contribution in [-0.2, 0) is 9.47 Å². The smallest absolute Gasteiger partial charge is 0.356 e. The molecule has 5 nitrogen and oxygen atoms in total. The minimum atomic E-state index is -0.322. The Morgan fingerprint density at radius 1 is 1.38 bits per heavy atom. The van der Waals surface area contributed by atoms with Crippen LogP contribution in [0.5, 0.6) is 0 Å². The van der Waals surface area contributed by atoms with Crippen LogP contribution in [0.25, 0.3) is 0 Å². The second kappa shape index (κ2) is 7.18. The van der Waals surface area contributed by atoms with E-state index in [9.17, 15) is 4.79 Å². The molecule has 1 aromatic heterocycles. The number of carbonyl (C=O) groups excluding carboxylic acids is 1. The molecule has 0 spiro atoms. The van der Waals surface area contributed by atoms with Gasteiger partial charge in [0.05, 0.1) is 37.2 Å². The molecule has 1 saturated heterocycles. The number of rotatable bonds is 7. The average Bonchev–Trinajstić information content (AvgIpc) is 3.06. The number of ether oxygens (including phenoxy) is 2. The van der Waals surface area contributed by atoms with Crippen molar-refractivity contribution in [3.05, 3.63) is 54.1 Å². The summed E-state index contributed by atoms with van der Waals surface area (Å²) in [6, 6.07) is 10.1. The van der Waals surface area contributed by atoms with Crippen LogP contribution in [-0.4, -0.2) is 35.3 Å². The number of esters is 1. The Hall–Kier alpha value is -2.14. The van der Waals surface area contributed by atoms with E-state index in [2.05, 4.69) is 11.9 Å². The normalized spacial score (nSPS) is 17.1. The zero-order valence-corrected chi connectivity index (χ0v) is 14.3. The molecule has 1 aliphatic heterocycles. The summed E-state index contributed by atoms with van der Waals surface area (Å²) in [6.45, 7) is 5.94. The maximum atomic E-state index is 12.5. The van der Waals surface area contributed by atoms with E-state index in [0.717, 1.165) is 18.4 Å². The third-order valence-electron chi connectivity index (χ3n) is 4.68. The van der Waals surface area contributed by atoms with Crippen molar-refractivity contribution < 1.29 is 14.3 Å². The quantitative estimate of drug-likeness (QED) is 0.730. The summed E-state index contributed by atoms with van der Waals surface area (Å²) in [4.78, 5) is 16.7. The lowest BCUT2D eigenvalue weighted by Gasteiger charge is -2.40. The predicted molar refractivity (Wildman–Crippen MR) is 90.9 cm³/mol. The molecule has 0 bridgehead atoms. The molecule has 0 aliphatic carbocycles. The third-order valence-corrected chi connectivity index (χ3v) is 4.68. The van der Waals surface area contributed by atoms with Gasteiger partial charge in [0.15, 0.2) is 0 Å². The number of aromatic nitrogens is 2. The van der Waals surface area contributed by atoms with Gasteiger partial charge >= 0.3 is 5.97 Å². The molecule has 1 fully saturated rings. The highest BCUT2D eigenvalue weighted by Crippen LogP contribution is 2.33. The van der Waals surface area contributed by atoms with Crippen LogP contribution in [0, 0.1) is 5.41 Å². The maximum Gasteiger partial charge on any atom is 0.356 e. The van der Waals surface area contributed by atoms with E-state index < -0.39 is 0 Å². The van der Waals surface area contributed by atoms with Crippen LogP contribution < -0.4 is 0 Å². The van der Waals surface area contributed by atoms with Crippen molar-refractivity contribution in [3.8, 4) is 0 Å². The Labute approximate surface area is 142 Å². The number of imidazole rings is 1. The summed E-state index contributed by atoms with van der Waals surface area (Å²) in [7, 11) is 0. The molecule has 1 aliphatic rings. The fraction of sp³-hybridized carbons (Fsp3) is 0.474. The number of hydrogen-bond acceptors (Lipinski definition) is 4. The van der Waals surface area contributed by atoms with Crippen molar-refractivity contribution >= 4 is 5.97 Å². The van der Waals surface area contributed by atoms with Crippen LogP contribution in [0.1, 0.15) is 48.8 Å². The molecule has 0 radical (unpaired) electrons. The Morgan fingerprint density at radius 3 is 2.75 bits per heavy atom. The largest absolute Gasteiger partial charge is 0.460 e. The fourth-order valence-corrected chi connectivity index (χ4v) is 3.18. The van der Waals surface area contributed by atoms with Crippen molar-refractivity contribution in [1.82, 2.24) is 9.55 Å². The number of nitrogens with zero attached hydrogens (tertiary/aromatic N) is 2. The standard InChI is InChI=1S/C19H24N2O3/c1-3-9-19(11-23-12-19)13-24-18(22)17-10-20-14-21(17)15(2)16-7-5-4-6-8-16/h4-8,10,14-15H,3,9,11-13H2,1-2H3/t15-/m1/s1. The van der Waals surface area contributed by atoms with Gasteiger partial charge in [0, 0.05) is 0 Å². The third kappa shape index (κ3) is 3.36. The molecular formula is C19H24N2O3. The van der Waals surface area contributed by atoms with Crippen molar-refractivity contribution in [2.24, 2.45) is 5.41 Å². The zero-order valence-electron chi connectivity index (χ0n) is 14.3. The highest BCUT2D eigenvalue weighted by Gasteiger charge is 2.39. The van der Waals surface area contributed by atoms with E-state index >= 15 is 0 Å². The molecule has 24 heavy (non-hydrogen) atoms. The zero-order chi connectivity index (χ0) is 17.0. The molecule has 0 saturated carbocycles. The second-order valence-electron chi connectivity index (χ2n) is 6.59. The molecule has 1 aromatic carbocycles. The molecule has 128 valence electrons. The van der Waals surface area contributed by atoms with Gasteiger partial charge in [-0.15, -0.1) is 0 Å². The predicted octanol–water partition coefficient (Wildman–Crippen LogP) is 3.47. The summed E-state index contributed by atoms with van der Waals surface area (Å²) >= 11 is 0. The Morgan fingerprint density at radius 2 is 2.12 bits per heavy atom. The minimum Gasteiger partial charge on any atom is -0.460 e. The van der Waals surface area contributed by atoms with Gasteiger partial charge in [-0.2, -0.15) is 0 Å². The Bertz CT molecular complexity index is 677. The molecule has 0 amide bonds. The molecule has 1 atom stereocenters. The van der Waals surface area contributed by atoms with E-state index in [-0.39, 0.29) is 17.4 Å². The van der Waals surface area contributed by atoms with Crippen LogP contribution in [0.2, 0.25) is 0 Å². The van der Waals surface area contributed by atoms with E-state index in [0.29, 0.717) is 25.5 Å².